The third kappa shape index (κ3) is 1.12. The van der Waals surface area contributed by atoms with E-state index in [2.05, 4.69) is 13.6 Å². The van der Waals surface area contributed by atoms with E-state index in [-0.39, 0.29) is 0 Å². The summed E-state index contributed by atoms with van der Waals surface area (Å²) in [4.78, 5) is 0. The highest BCUT2D eigenvalue weighted by atomic mass is 32.2. The zero-order valence-corrected chi connectivity index (χ0v) is 6.67. The molecule has 7 nitrogen and oxygen atoms in total. The van der Waals surface area contributed by atoms with Crippen molar-refractivity contribution < 1.29 is 31.1 Å². The van der Waals surface area contributed by atoms with Crippen LogP contribution in [0.3, 0.4) is 0 Å². The molecule has 2 bridgehead atoms. The first kappa shape index (κ1) is 7.66. The lowest BCUT2D eigenvalue weighted by Crippen LogP contribution is -2.60. The van der Waals surface area contributed by atoms with Crippen LogP contribution in [-0.2, 0) is 28.3 Å². The summed E-state index contributed by atoms with van der Waals surface area (Å²) in [6.45, 7) is 0. The van der Waals surface area contributed by atoms with Crippen LogP contribution >= 0.6 is 7.82 Å². The van der Waals surface area contributed by atoms with Crippen molar-refractivity contribution in [3.05, 3.63) is 0 Å². The molecule has 3 rings (SSSR count). The Hall–Kier alpha value is 0.0200. The van der Waals surface area contributed by atoms with Gasteiger partial charge in [0.15, 0.2) is 5.75 Å². The molecular formula is C2H3O7PS. The Kier molecular flexibility index (Phi) is 1.17. The Balaban J connectivity index is 2.07. The molecule has 3 saturated heterocycles. The monoisotopic (exact) mass is 202 g/mol. The molecule has 0 aliphatic carbocycles. The first-order chi connectivity index (χ1) is 4.83. The topological polar surface area (TPSA) is 99.1 Å². The minimum Gasteiger partial charge on any atom is -0.285 e. The molecule has 0 aromatic heterocycles. The maximum Gasteiger partial charge on any atom is 0.488 e. The van der Waals surface area contributed by atoms with Crippen molar-refractivity contribution in [2.45, 2.75) is 5.97 Å². The molecule has 0 amide bonds. The van der Waals surface area contributed by atoms with Gasteiger partial charge >= 0.3 is 13.8 Å². The molecule has 0 unspecified atom stereocenters. The van der Waals surface area contributed by atoms with Crippen LogP contribution in [0.2, 0.25) is 0 Å². The van der Waals surface area contributed by atoms with Crippen molar-refractivity contribution >= 4 is 17.9 Å². The average molecular weight is 202 g/mol. The summed E-state index contributed by atoms with van der Waals surface area (Å²) in [7, 11) is -7.58. The fourth-order valence-corrected chi connectivity index (χ4v) is 2.98. The molecular weight excluding hydrogens is 199 g/mol. The van der Waals surface area contributed by atoms with Crippen molar-refractivity contribution in [1.29, 1.82) is 0 Å². The van der Waals surface area contributed by atoms with Crippen LogP contribution in [0.25, 0.3) is 0 Å². The summed E-state index contributed by atoms with van der Waals surface area (Å²) < 4.78 is 52.2. The van der Waals surface area contributed by atoms with Crippen LogP contribution in [0.4, 0.5) is 0 Å². The van der Waals surface area contributed by atoms with Crippen LogP contribution in [0.15, 0.2) is 0 Å². The molecule has 3 heterocycles. The number of hydrogen-bond acceptors (Lipinski definition) is 6. The van der Waals surface area contributed by atoms with Gasteiger partial charge in [-0.2, -0.15) is 8.42 Å². The molecule has 0 saturated carbocycles. The molecule has 9 heteroatoms. The van der Waals surface area contributed by atoms with E-state index in [1.807, 2.05) is 0 Å². The molecule has 0 aromatic carbocycles. The summed E-state index contributed by atoms with van der Waals surface area (Å²) >= 11 is 0. The molecule has 3 fully saturated rings. The maximum absolute atomic E-state index is 10.5. The fraction of sp³-hybridized carbons (Fsp3) is 1.00. The lowest BCUT2D eigenvalue weighted by molar-refractivity contribution is -0.414. The molecule has 0 spiro atoms. The van der Waals surface area contributed by atoms with Crippen LogP contribution in [0.1, 0.15) is 0 Å². The van der Waals surface area contributed by atoms with Gasteiger partial charge in [0.2, 0.25) is 0 Å². The largest absolute Gasteiger partial charge is 0.488 e. The van der Waals surface area contributed by atoms with Crippen LogP contribution < -0.4 is 0 Å². The highest BCUT2D eigenvalue weighted by molar-refractivity contribution is 7.85. The van der Waals surface area contributed by atoms with Crippen LogP contribution in [0.5, 0.6) is 0 Å². The Morgan fingerprint density at radius 3 is 2.09 bits per heavy atom. The number of hydrogen-bond donors (Lipinski definition) is 1. The third-order valence-corrected chi connectivity index (χ3v) is 3.34. The Morgan fingerprint density at radius 2 is 1.82 bits per heavy atom. The van der Waals surface area contributed by atoms with Gasteiger partial charge in [-0.25, -0.2) is 18.1 Å². The normalized spacial score (nSPS) is 47.7. The molecule has 64 valence electrons. The van der Waals surface area contributed by atoms with E-state index in [1.165, 1.54) is 0 Å². The molecule has 0 radical (unpaired) electrons. The number of rotatable bonds is 2. The molecule has 0 aromatic rings. The zero-order chi connectivity index (χ0) is 8.33. The van der Waals surface area contributed by atoms with E-state index in [1.54, 1.807) is 0 Å². The van der Waals surface area contributed by atoms with Crippen molar-refractivity contribution in [2.24, 2.45) is 0 Å². The summed E-state index contributed by atoms with van der Waals surface area (Å²) in [5.41, 5.74) is 0. The van der Waals surface area contributed by atoms with Gasteiger partial charge in [-0.3, -0.25) is 4.55 Å². The summed E-state index contributed by atoms with van der Waals surface area (Å²) in [6, 6.07) is 0. The molecule has 1 N–H and O–H groups in total. The summed E-state index contributed by atoms with van der Waals surface area (Å²) in [6.07, 6.45) is 0. The van der Waals surface area contributed by atoms with E-state index in [9.17, 15) is 13.0 Å². The quantitative estimate of drug-likeness (QED) is 0.485. The predicted molar refractivity (Wildman–Crippen MR) is 30.0 cm³/mol. The number of phosphoric acid groups is 1. The van der Waals surface area contributed by atoms with Crippen LogP contribution in [-0.4, -0.2) is 24.7 Å². The van der Waals surface area contributed by atoms with Gasteiger partial charge in [-0.1, -0.05) is 0 Å². The Bertz CT molecular complexity index is 315. The second-order valence-electron chi connectivity index (χ2n) is 2.13. The van der Waals surface area contributed by atoms with Crippen LogP contribution in [0, 0.1) is 0 Å². The van der Waals surface area contributed by atoms with Gasteiger partial charge in [0.05, 0.1) is 0 Å². The van der Waals surface area contributed by atoms with Gasteiger partial charge in [0.1, 0.15) is 0 Å². The molecule has 3 aliphatic heterocycles. The minimum absolute atomic E-state index is 0.857. The highest BCUT2D eigenvalue weighted by Gasteiger charge is 2.76. The first-order valence-electron chi connectivity index (χ1n) is 2.50. The second kappa shape index (κ2) is 1.68. The van der Waals surface area contributed by atoms with Gasteiger partial charge in [-0.05, 0) is 0 Å². The first-order valence-corrected chi connectivity index (χ1v) is 5.57. The maximum atomic E-state index is 10.5. The Morgan fingerprint density at radius 1 is 1.36 bits per heavy atom. The standard InChI is InChI=1S/C2H3O7PS/c3-10-7-2(8-10,9-10)1-11(4,5)6/h1H2,(H,4,5,6). The molecule has 3 aliphatic rings. The molecule has 0 atom stereocenters. The highest BCUT2D eigenvalue weighted by Crippen LogP contribution is 2.79. The van der Waals surface area contributed by atoms with E-state index < -0.39 is 29.7 Å². The summed E-state index contributed by atoms with van der Waals surface area (Å²) in [5.74, 6) is -2.65. The zero-order valence-electron chi connectivity index (χ0n) is 4.96. The SMILES string of the molecule is O=P12OC(CS(=O)(=O)O)(O1)O2. The van der Waals surface area contributed by atoms with Gasteiger partial charge < -0.3 is 0 Å². The third-order valence-electron chi connectivity index (χ3n) is 1.11. The summed E-state index contributed by atoms with van der Waals surface area (Å²) in [5, 5.41) is 0. The van der Waals surface area contributed by atoms with Crippen molar-refractivity contribution in [3.8, 4) is 0 Å². The van der Waals surface area contributed by atoms with E-state index in [0.717, 1.165) is 0 Å². The number of phosphoric ester groups is 1. The van der Waals surface area contributed by atoms with Gasteiger partial charge in [0.25, 0.3) is 10.1 Å². The second-order valence-corrected chi connectivity index (χ2v) is 5.02. The van der Waals surface area contributed by atoms with E-state index in [4.69, 9.17) is 4.55 Å². The lowest BCUT2D eigenvalue weighted by Gasteiger charge is -2.54. The van der Waals surface area contributed by atoms with Gasteiger partial charge in [-0.15, -0.1) is 0 Å². The Labute approximate surface area is 61.6 Å². The van der Waals surface area contributed by atoms with E-state index >= 15 is 0 Å². The predicted octanol–water partition coefficient (Wildman–Crippen LogP) is -0.287. The fourth-order valence-electron chi connectivity index (χ4n) is 0.834. The van der Waals surface area contributed by atoms with Crippen molar-refractivity contribution in [2.75, 3.05) is 5.75 Å². The average Bonchev–Trinajstić information content (AvgIpc) is 1.53. The van der Waals surface area contributed by atoms with Gasteiger partial charge in [0, 0.05) is 0 Å². The lowest BCUT2D eigenvalue weighted by atomic mass is 10.7. The van der Waals surface area contributed by atoms with E-state index in [0.29, 0.717) is 0 Å². The smallest absolute Gasteiger partial charge is 0.285 e. The molecule has 11 heavy (non-hydrogen) atoms. The van der Waals surface area contributed by atoms with Crippen molar-refractivity contribution in [1.82, 2.24) is 0 Å². The minimum atomic E-state index is -4.23. The van der Waals surface area contributed by atoms with Crippen molar-refractivity contribution in [3.63, 3.8) is 0 Å².